The van der Waals surface area contributed by atoms with Gasteiger partial charge in [-0.3, -0.25) is 15.6 Å². The Kier molecular flexibility index (Phi) is 7.17. The molecule has 0 radical (unpaired) electrons. The van der Waals surface area contributed by atoms with Crippen LogP contribution in [0.3, 0.4) is 0 Å². The maximum atomic E-state index is 13.0. The molecule has 0 spiro atoms. The highest BCUT2D eigenvalue weighted by Gasteiger charge is 2.12. The highest BCUT2D eigenvalue weighted by Crippen LogP contribution is 2.25. The second-order valence-corrected chi connectivity index (χ2v) is 7.27. The minimum atomic E-state index is -0.488. The molecule has 3 aromatic rings. The van der Waals surface area contributed by atoms with Gasteiger partial charge in [0.25, 0.3) is 5.91 Å². The van der Waals surface area contributed by atoms with E-state index in [0.717, 1.165) is 0 Å². The highest BCUT2D eigenvalue weighted by atomic mass is 19.1. The summed E-state index contributed by atoms with van der Waals surface area (Å²) in [6.07, 6.45) is 1.27. The van der Waals surface area contributed by atoms with Crippen LogP contribution in [-0.2, 0) is 4.74 Å². The van der Waals surface area contributed by atoms with Crippen LogP contribution in [0.5, 0.6) is 0 Å². The van der Waals surface area contributed by atoms with E-state index in [-0.39, 0.29) is 23.0 Å². The lowest BCUT2D eigenvalue weighted by Gasteiger charge is -2.13. The number of hydrogen-bond donors (Lipinski definition) is 4. The Balaban J connectivity index is 1.63. The van der Waals surface area contributed by atoms with Crippen LogP contribution in [0.2, 0.25) is 0 Å². The molecular weight excluding hydrogens is 415 g/mol. The normalized spacial score (nSPS) is 10.5. The quantitative estimate of drug-likeness (QED) is 0.310. The number of nitrogen functional groups attached to an aromatic ring is 1. The third-order valence-electron chi connectivity index (χ3n) is 4.22. The van der Waals surface area contributed by atoms with E-state index in [1.54, 1.807) is 24.3 Å². The molecule has 0 aliphatic rings. The standard InChI is InChI=1S/C22H23FN6O3/c1-13(2)11-32-22(31)15-5-9-17(10-6-15)27-19-18(24)20(26-12-25-19)28-29-21(30)14-3-7-16(23)8-4-14/h3-10,12-13H,11,24H2,1-2H3,(H,29,30)(H2,25,26,27,28). The Labute approximate surface area is 184 Å². The molecule has 0 fully saturated rings. The molecule has 0 atom stereocenters. The van der Waals surface area contributed by atoms with Gasteiger partial charge in [0.1, 0.15) is 17.8 Å². The second-order valence-electron chi connectivity index (χ2n) is 7.27. The van der Waals surface area contributed by atoms with Crippen molar-refractivity contribution in [1.82, 2.24) is 15.4 Å². The smallest absolute Gasteiger partial charge is 0.338 e. The molecule has 0 bridgehead atoms. The molecule has 0 aliphatic heterocycles. The number of aromatic nitrogens is 2. The molecule has 5 N–H and O–H groups in total. The number of nitrogens with one attached hydrogen (secondary N) is 3. The van der Waals surface area contributed by atoms with Crippen LogP contribution in [0.25, 0.3) is 0 Å². The monoisotopic (exact) mass is 438 g/mol. The lowest BCUT2D eigenvalue weighted by Crippen LogP contribution is -2.30. The summed E-state index contributed by atoms with van der Waals surface area (Å²) in [6.45, 7) is 4.28. The van der Waals surface area contributed by atoms with Gasteiger partial charge in [-0.25, -0.2) is 19.2 Å². The number of nitrogens with zero attached hydrogens (tertiary/aromatic N) is 2. The van der Waals surface area contributed by atoms with E-state index in [1.165, 1.54) is 30.6 Å². The summed E-state index contributed by atoms with van der Waals surface area (Å²) in [5.74, 6) is -0.595. The number of amides is 1. The van der Waals surface area contributed by atoms with E-state index < -0.39 is 17.7 Å². The molecule has 3 rings (SSSR count). The van der Waals surface area contributed by atoms with Crippen molar-refractivity contribution in [2.45, 2.75) is 13.8 Å². The fourth-order valence-corrected chi connectivity index (χ4v) is 2.54. The van der Waals surface area contributed by atoms with E-state index >= 15 is 0 Å². The predicted octanol–water partition coefficient (Wildman–Crippen LogP) is 3.51. The van der Waals surface area contributed by atoms with E-state index in [2.05, 4.69) is 26.1 Å². The van der Waals surface area contributed by atoms with Gasteiger partial charge in [-0.2, -0.15) is 0 Å². The molecule has 166 valence electrons. The van der Waals surface area contributed by atoms with Gasteiger partial charge in [0, 0.05) is 11.3 Å². The van der Waals surface area contributed by atoms with Gasteiger partial charge in [0.2, 0.25) is 0 Å². The summed E-state index contributed by atoms with van der Waals surface area (Å²) in [7, 11) is 0. The molecule has 0 saturated heterocycles. The number of rotatable bonds is 8. The number of anilines is 4. The molecule has 2 aromatic carbocycles. The number of carbonyl (C=O) groups excluding carboxylic acids is 2. The van der Waals surface area contributed by atoms with Crippen molar-refractivity contribution in [3.05, 3.63) is 71.8 Å². The van der Waals surface area contributed by atoms with Gasteiger partial charge >= 0.3 is 5.97 Å². The van der Waals surface area contributed by atoms with Gasteiger partial charge in [-0.15, -0.1) is 0 Å². The number of ether oxygens (including phenoxy) is 1. The Morgan fingerprint density at radius 2 is 1.62 bits per heavy atom. The summed E-state index contributed by atoms with van der Waals surface area (Å²) < 4.78 is 18.2. The van der Waals surface area contributed by atoms with Gasteiger partial charge in [0.15, 0.2) is 11.6 Å². The maximum Gasteiger partial charge on any atom is 0.338 e. The van der Waals surface area contributed by atoms with Crippen LogP contribution in [-0.4, -0.2) is 28.5 Å². The van der Waals surface area contributed by atoms with E-state index in [1.807, 2.05) is 13.8 Å². The molecule has 9 nitrogen and oxygen atoms in total. The molecule has 1 amide bonds. The molecule has 32 heavy (non-hydrogen) atoms. The van der Waals surface area contributed by atoms with Crippen LogP contribution >= 0.6 is 0 Å². The predicted molar refractivity (Wildman–Crippen MR) is 119 cm³/mol. The fourth-order valence-electron chi connectivity index (χ4n) is 2.54. The van der Waals surface area contributed by atoms with Gasteiger partial charge < -0.3 is 15.8 Å². The number of hydrazine groups is 1. The topological polar surface area (TPSA) is 131 Å². The molecule has 1 heterocycles. The van der Waals surface area contributed by atoms with Crippen molar-refractivity contribution in [1.29, 1.82) is 0 Å². The summed E-state index contributed by atoms with van der Waals surface area (Å²) in [5, 5.41) is 3.03. The summed E-state index contributed by atoms with van der Waals surface area (Å²) in [5.41, 5.74) is 12.7. The van der Waals surface area contributed by atoms with Crippen molar-refractivity contribution >= 4 is 34.9 Å². The second kappa shape index (κ2) is 10.2. The largest absolute Gasteiger partial charge is 0.462 e. The average Bonchev–Trinajstić information content (AvgIpc) is 2.78. The van der Waals surface area contributed by atoms with Crippen LogP contribution in [0.4, 0.5) is 27.4 Å². The maximum absolute atomic E-state index is 13.0. The van der Waals surface area contributed by atoms with Crippen molar-refractivity contribution < 1.29 is 18.7 Å². The lowest BCUT2D eigenvalue weighted by atomic mass is 10.2. The number of esters is 1. The van der Waals surface area contributed by atoms with E-state index in [9.17, 15) is 14.0 Å². The first kappa shape index (κ1) is 22.5. The number of hydrogen-bond acceptors (Lipinski definition) is 8. The molecule has 1 aromatic heterocycles. The van der Waals surface area contributed by atoms with Gasteiger partial charge in [-0.1, -0.05) is 13.8 Å². The zero-order chi connectivity index (χ0) is 23.1. The first-order valence-electron chi connectivity index (χ1n) is 9.80. The molecular formula is C22H23FN6O3. The van der Waals surface area contributed by atoms with Gasteiger partial charge in [-0.05, 0) is 54.4 Å². The average molecular weight is 438 g/mol. The minimum absolute atomic E-state index is 0.160. The highest BCUT2D eigenvalue weighted by molar-refractivity contribution is 5.95. The first-order valence-corrected chi connectivity index (χ1v) is 9.80. The van der Waals surface area contributed by atoms with Crippen LogP contribution in [0.15, 0.2) is 54.9 Å². The molecule has 0 unspecified atom stereocenters. The van der Waals surface area contributed by atoms with Crippen molar-refractivity contribution in [3.8, 4) is 0 Å². The van der Waals surface area contributed by atoms with Crippen molar-refractivity contribution in [2.24, 2.45) is 5.92 Å². The lowest BCUT2D eigenvalue weighted by molar-refractivity contribution is 0.0459. The van der Waals surface area contributed by atoms with Crippen LogP contribution in [0, 0.1) is 11.7 Å². The zero-order valence-corrected chi connectivity index (χ0v) is 17.6. The fraction of sp³-hybridized carbons (Fsp3) is 0.182. The Morgan fingerprint density at radius 1 is 1.00 bits per heavy atom. The van der Waals surface area contributed by atoms with Gasteiger partial charge in [0.05, 0.1) is 12.2 Å². The van der Waals surface area contributed by atoms with Crippen molar-refractivity contribution in [2.75, 3.05) is 23.1 Å². The van der Waals surface area contributed by atoms with Crippen LogP contribution < -0.4 is 21.9 Å². The van der Waals surface area contributed by atoms with Crippen LogP contribution in [0.1, 0.15) is 34.6 Å². The Bertz CT molecular complexity index is 1090. The molecule has 0 aliphatic carbocycles. The number of benzene rings is 2. The third-order valence-corrected chi connectivity index (χ3v) is 4.22. The number of nitrogens with two attached hydrogens (primary N) is 1. The zero-order valence-electron chi connectivity index (χ0n) is 17.6. The third kappa shape index (κ3) is 5.91. The Morgan fingerprint density at radius 3 is 2.28 bits per heavy atom. The van der Waals surface area contributed by atoms with E-state index in [4.69, 9.17) is 10.5 Å². The number of halogens is 1. The number of carbonyl (C=O) groups is 2. The molecule has 10 heteroatoms. The van der Waals surface area contributed by atoms with E-state index in [0.29, 0.717) is 23.7 Å². The minimum Gasteiger partial charge on any atom is -0.462 e. The SMILES string of the molecule is CC(C)COC(=O)c1ccc(Nc2ncnc(NNC(=O)c3ccc(F)cc3)c2N)cc1. The molecule has 0 saturated carbocycles. The first-order chi connectivity index (χ1) is 15.3. The summed E-state index contributed by atoms with van der Waals surface area (Å²) >= 11 is 0. The Hall–Kier alpha value is -4.21. The summed E-state index contributed by atoms with van der Waals surface area (Å²) in [4.78, 5) is 32.3. The van der Waals surface area contributed by atoms with Crippen molar-refractivity contribution in [3.63, 3.8) is 0 Å². The summed E-state index contributed by atoms with van der Waals surface area (Å²) in [6, 6.07) is 11.7.